The first-order valence-corrected chi connectivity index (χ1v) is 8.64. The molecule has 140 valence electrons. The summed E-state index contributed by atoms with van der Waals surface area (Å²) in [4.78, 5) is 12.1. The summed E-state index contributed by atoms with van der Waals surface area (Å²) in [7, 11) is 3.44. The molecular weight excluding hydrogens is 346 g/mol. The first-order valence-electron chi connectivity index (χ1n) is 8.64. The monoisotopic (exact) mass is 367 g/mol. The number of nitrogens with one attached hydrogen (secondary N) is 1. The number of nitriles is 1. The van der Waals surface area contributed by atoms with Gasteiger partial charge in [-0.2, -0.15) is 5.26 Å². The van der Waals surface area contributed by atoms with Crippen molar-refractivity contribution in [2.45, 2.75) is 25.3 Å². The van der Waals surface area contributed by atoms with Gasteiger partial charge in [-0.05, 0) is 36.6 Å². The number of methoxy groups -OCH3 is 1. The minimum absolute atomic E-state index is 0.0571. The summed E-state index contributed by atoms with van der Waals surface area (Å²) in [5.74, 6) is 2.99. The summed E-state index contributed by atoms with van der Waals surface area (Å²) in [6.45, 7) is 0.266. The summed E-state index contributed by atoms with van der Waals surface area (Å²) < 4.78 is 12.5. The molecule has 0 atom stereocenters. The zero-order valence-electron chi connectivity index (χ0n) is 15.3. The summed E-state index contributed by atoms with van der Waals surface area (Å²) in [6.07, 6.45) is 5.44. The number of carbonyl (C=O) groups is 1. The fourth-order valence-electron chi connectivity index (χ4n) is 2.64. The van der Waals surface area contributed by atoms with E-state index in [0.717, 1.165) is 30.1 Å². The Morgan fingerprint density at radius 1 is 1.41 bits per heavy atom. The Balaban J connectivity index is 1.57. The van der Waals surface area contributed by atoms with Crippen molar-refractivity contribution in [3.8, 4) is 17.6 Å². The molecule has 0 spiro atoms. The van der Waals surface area contributed by atoms with E-state index in [1.807, 2.05) is 17.7 Å². The van der Waals surface area contributed by atoms with E-state index in [1.54, 1.807) is 24.3 Å². The molecular formula is C19H21N5O3. The molecule has 0 unspecified atom stereocenters. The highest BCUT2D eigenvalue weighted by molar-refractivity contribution is 5.91. The molecule has 1 amide bonds. The van der Waals surface area contributed by atoms with Crippen molar-refractivity contribution >= 4 is 12.0 Å². The number of carbonyl (C=O) groups excluding carboxylic acids is 1. The number of nitrogens with zero attached hydrogens (tertiary/aromatic N) is 4. The van der Waals surface area contributed by atoms with Crippen molar-refractivity contribution in [1.82, 2.24) is 20.1 Å². The molecule has 1 saturated carbocycles. The van der Waals surface area contributed by atoms with Crippen LogP contribution in [-0.2, 0) is 18.4 Å². The Bertz CT molecular complexity index is 893. The average Bonchev–Trinajstić information content (AvgIpc) is 3.46. The highest BCUT2D eigenvalue weighted by atomic mass is 16.5. The number of aromatic nitrogens is 3. The van der Waals surface area contributed by atoms with E-state index < -0.39 is 0 Å². The van der Waals surface area contributed by atoms with Crippen LogP contribution in [0.2, 0.25) is 0 Å². The van der Waals surface area contributed by atoms with Crippen LogP contribution in [-0.4, -0.2) is 34.4 Å². The van der Waals surface area contributed by atoms with Crippen LogP contribution in [0.15, 0.2) is 24.3 Å². The predicted octanol–water partition coefficient (Wildman–Crippen LogP) is 1.93. The summed E-state index contributed by atoms with van der Waals surface area (Å²) in [5.41, 5.74) is 0.779. The third kappa shape index (κ3) is 4.64. The van der Waals surface area contributed by atoms with Gasteiger partial charge < -0.3 is 19.4 Å². The molecule has 2 aromatic rings. The first kappa shape index (κ1) is 18.5. The highest BCUT2D eigenvalue weighted by Crippen LogP contribution is 2.38. The lowest BCUT2D eigenvalue weighted by molar-refractivity contribution is -0.116. The van der Waals surface area contributed by atoms with E-state index in [-0.39, 0.29) is 12.5 Å². The number of hydrogen-bond donors (Lipinski definition) is 1. The van der Waals surface area contributed by atoms with Gasteiger partial charge >= 0.3 is 0 Å². The maximum atomic E-state index is 12.1. The minimum atomic E-state index is -0.227. The second-order valence-corrected chi connectivity index (χ2v) is 6.22. The van der Waals surface area contributed by atoms with Gasteiger partial charge in [-0.25, -0.2) is 0 Å². The summed E-state index contributed by atoms with van der Waals surface area (Å²) >= 11 is 0. The van der Waals surface area contributed by atoms with Gasteiger partial charge in [0.1, 0.15) is 11.9 Å². The molecule has 27 heavy (non-hydrogen) atoms. The van der Waals surface area contributed by atoms with Gasteiger partial charge in [0, 0.05) is 19.0 Å². The SMILES string of the molecule is COc1cc(/C=C/C(=O)NCc2nnc(C3CC3)n2C)ccc1OCC#N. The Morgan fingerprint density at radius 3 is 2.93 bits per heavy atom. The number of amides is 1. The van der Waals surface area contributed by atoms with Crippen molar-refractivity contribution in [3.63, 3.8) is 0 Å². The lowest BCUT2D eigenvalue weighted by Gasteiger charge is -2.08. The summed E-state index contributed by atoms with van der Waals surface area (Å²) in [6, 6.07) is 7.13. The van der Waals surface area contributed by atoms with Gasteiger partial charge in [-0.1, -0.05) is 6.07 Å². The Kier molecular flexibility index (Phi) is 5.71. The third-order valence-corrected chi connectivity index (χ3v) is 4.27. The van der Waals surface area contributed by atoms with E-state index in [0.29, 0.717) is 24.0 Å². The second kappa shape index (κ2) is 8.36. The van der Waals surface area contributed by atoms with E-state index >= 15 is 0 Å². The van der Waals surface area contributed by atoms with Crippen LogP contribution in [0.5, 0.6) is 11.5 Å². The van der Waals surface area contributed by atoms with E-state index in [9.17, 15) is 4.79 Å². The molecule has 0 saturated heterocycles. The maximum Gasteiger partial charge on any atom is 0.244 e. The highest BCUT2D eigenvalue weighted by Gasteiger charge is 2.29. The van der Waals surface area contributed by atoms with E-state index in [2.05, 4.69) is 15.5 Å². The average molecular weight is 367 g/mol. The number of rotatable bonds is 8. The van der Waals surface area contributed by atoms with Crippen LogP contribution >= 0.6 is 0 Å². The minimum Gasteiger partial charge on any atom is -0.493 e. The van der Waals surface area contributed by atoms with Gasteiger partial charge in [-0.15, -0.1) is 10.2 Å². The van der Waals surface area contributed by atoms with Crippen molar-refractivity contribution in [1.29, 1.82) is 5.26 Å². The van der Waals surface area contributed by atoms with Gasteiger partial charge in [0.25, 0.3) is 0 Å². The van der Waals surface area contributed by atoms with Crippen molar-refractivity contribution in [3.05, 3.63) is 41.5 Å². The quantitative estimate of drug-likeness (QED) is 0.715. The zero-order chi connectivity index (χ0) is 19.2. The molecule has 1 aromatic carbocycles. The van der Waals surface area contributed by atoms with Crippen LogP contribution in [0.1, 0.15) is 36.0 Å². The van der Waals surface area contributed by atoms with Crippen LogP contribution in [0.25, 0.3) is 6.08 Å². The zero-order valence-corrected chi connectivity index (χ0v) is 15.3. The second-order valence-electron chi connectivity index (χ2n) is 6.22. The molecule has 1 N–H and O–H groups in total. The van der Waals surface area contributed by atoms with E-state index in [1.165, 1.54) is 13.2 Å². The smallest absolute Gasteiger partial charge is 0.244 e. The molecule has 0 aliphatic heterocycles. The lowest BCUT2D eigenvalue weighted by atomic mass is 10.2. The Labute approximate surface area is 157 Å². The van der Waals surface area contributed by atoms with Gasteiger partial charge in [-0.3, -0.25) is 4.79 Å². The fourth-order valence-corrected chi connectivity index (χ4v) is 2.64. The Hall–Kier alpha value is -3.34. The standard InChI is InChI=1S/C19H21N5O3/c1-24-17(22-23-19(24)14-5-6-14)12-21-18(25)8-4-13-3-7-15(27-10-9-20)16(11-13)26-2/h3-4,7-8,11,14H,5-6,10,12H2,1-2H3,(H,21,25)/b8-4+. The normalized spacial score (nSPS) is 13.4. The fraction of sp³-hybridized carbons (Fsp3) is 0.368. The van der Waals surface area contributed by atoms with Gasteiger partial charge in [0.2, 0.25) is 5.91 Å². The van der Waals surface area contributed by atoms with Crippen molar-refractivity contribution in [2.24, 2.45) is 7.05 Å². The summed E-state index contributed by atoms with van der Waals surface area (Å²) in [5, 5.41) is 19.7. The molecule has 1 aliphatic carbocycles. The lowest BCUT2D eigenvalue weighted by Crippen LogP contribution is -2.22. The maximum absolute atomic E-state index is 12.1. The van der Waals surface area contributed by atoms with E-state index in [4.69, 9.17) is 14.7 Å². The molecule has 1 fully saturated rings. The van der Waals surface area contributed by atoms with Crippen LogP contribution in [0.3, 0.4) is 0 Å². The number of benzene rings is 1. The topological polar surface area (TPSA) is 102 Å². The molecule has 3 rings (SSSR count). The van der Waals surface area contributed by atoms with Crippen LogP contribution in [0, 0.1) is 11.3 Å². The molecule has 0 bridgehead atoms. The molecule has 1 aliphatic rings. The Morgan fingerprint density at radius 2 is 2.22 bits per heavy atom. The van der Waals surface area contributed by atoms with Gasteiger partial charge in [0.05, 0.1) is 13.7 Å². The molecule has 0 radical (unpaired) electrons. The van der Waals surface area contributed by atoms with Crippen molar-refractivity contribution in [2.75, 3.05) is 13.7 Å². The predicted molar refractivity (Wildman–Crippen MR) is 98.0 cm³/mol. The first-order chi connectivity index (χ1) is 13.1. The molecule has 8 heteroatoms. The van der Waals surface area contributed by atoms with Crippen LogP contribution < -0.4 is 14.8 Å². The largest absolute Gasteiger partial charge is 0.493 e. The van der Waals surface area contributed by atoms with Crippen LogP contribution in [0.4, 0.5) is 0 Å². The number of hydrogen-bond acceptors (Lipinski definition) is 6. The van der Waals surface area contributed by atoms with Gasteiger partial charge in [0.15, 0.2) is 23.9 Å². The molecule has 1 aromatic heterocycles. The molecule has 1 heterocycles. The van der Waals surface area contributed by atoms with Crippen molar-refractivity contribution < 1.29 is 14.3 Å². The number of ether oxygens (including phenoxy) is 2. The third-order valence-electron chi connectivity index (χ3n) is 4.27. The molecule has 8 nitrogen and oxygen atoms in total.